The van der Waals surface area contributed by atoms with Crippen LogP contribution in [-0.4, -0.2) is 72.3 Å². The summed E-state index contributed by atoms with van der Waals surface area (Å²) in [4.78, 5) is 15.2. The second-order valence-electron chi connectivity index (χ2n) is 8.18. The summed E-state index contributed by atoms with van der Waals surface area (Å²) in [5.74, 6) is 1.16. The van der Waals surface area contributed by atoms with Crippen molar-refractivity contribution in [3.8, 4) is 5.75 Å². The highest BCUT2D eigenvalue weighted by Gasteiger charge is 2.38. The maximum atomic E-state index is 12.6. The van der Waals surface area contributed by atoms with Gasteiger partial charge in [0.2, 0.25) is 11.0 Å². The number of aromatic nitrogens is 2. The van der Waals surface area contributed by atoms with E-state index in [0.29, 0.717) is 17.4 Å². The van der Waals surface area contributed by atoms with Crippen LogP contribution in [0.2, 0.25) is 0 Å². The van der Waals surface area contributed by atoms with Gasteiger partial charge in [0.25, 0.3) is 0 Å². The first kappa shape index (κ1) is 23.3. The molecule has 2 aromatic rings. The Morgan fingerprint density at radius 2 is 2.06 bits per heavy atom. The predicted octanol–water partition coefficient (Wildman–Crippen LogP) is 3.53. The maximum Gasteiger partial charge on any atom is 0.230 e. The first-order chi connectivity index (χ1) is 15.7. The van der Waals surface area contributed by atoms with E-state index in [1.54, 1.807) is 7.11 Å². The Bertz CT molecular complexity index is 882. The van der Waals surface area contributed by atoms with Gasteiger partial charge in [0.15, 0.2) is 4.34 Å². The summed E-state index contributed by atoms with van der Waals surface area (Å²) in [6.45, 7) is 4.20. The number of thioether (sulfide) groups is 1. The molecule has 174 valence electrons. The van der Waals surface area contributed by atoms with E-state index >= 15 is 0 Å². The Balaban J connectivity index is 1.26. The molecule has 0 spiro atoms. The molecule has 1 aliphatic heterocycles. The van der Waals surface area contributed by atoms with Crippen LogP contribution in [0.1, 0.15) is 32.1 Å². The molecule has 1 amide bonds. The lowest BCUT2D eigenvalue weighted by atomic mass is 9.79. The summed E-state index contributed by atoms with van der Waals surface area (Å²) in [7, 11) is 1.64. The average molecular weight is 478 g/mol. The van der Waals surface area contributed by atoms with E-state index in [1.807, 2.05) is 24.3 Å². The molecule has 0 bridgehead atoms. The number of carbonyl (C=O) groups excluding carboxylic acids is 1. The Hall–Kier alpha value is -1.88. The SMILES string of the molecule is COc1cccc(Nc2nnc(SCC(=O)NCC3(N4CCOCC4)CCCCC3)s2)c1. The Kier molecular flexibility index (Phi) is 8.23. The third kappa shape index (κ3) is 6.12. The van der Waals surface area contributed by atoms with Crippen LogP contribution in [0.25, 0.3) is 0 Å². The third-order valence-electron chi connectivity index (χ3n) is 6.13. The van der Waals surface area contributed by atoms with Gasteiger partial charge in [-0.3, -0.25) is 9.69 Å². The number of ether oxygens (including phenoxy) is 2. The number of anilines is 2. The van der Waals surface area contributed by atoms with E-state index in [1.165, 1.54) is 42.4 Å². The normalized spacial score (nSPS) is 18.8. The van der Waals surface area contributed by atoms with Gasteiger partial charge in [-0.25, -0.2) is 0 Å². The molecule has 2 N–H and O–H groups in total. The number of hydrogen-bond acceptors (Lipinski definition) is 9. The minimum atomic E-state index is 0.0470. The van der Waals surface area contributed by atoms with E-state index in [9.17, 15) is 4.79 Å². The van der Waals surface area contributed by atoms with Gasteiger partial charge < -0.3 is 20.1 Å². The van der Waals surface area contributed by atoms with Gasteiger partial charge in [0.1, 0.15) is 5.75 Å². The Morgan fingerprint density at radius 3 is 2.84 bits per heavy atom. The molecule has 2 aliphatic rings. The van der Waals surface area contributed by atoms with Gasteiger partial charge >= 0.3 is 0 Å². The zero-order valence-corrected chi connectivity index (χ0v) is 20.1. The number of morpholine rings is 1. The molecule has 1 aliphatic carbocycles. The van der Waals surface area contributed by atoms with Crippen LogP contribution in [0.3, 0.4) is 0 Å². The standard InChI is InChI=1S/C22H31N5O3S2/c1-29-18-7-5-6-17(14-18)24-20-25-26-21(32-20)31-15-19(28)23-16-22(8-3-2-4-9-22)27-10-12-30-13-11-27/h5-7,14H,2-4,8-13,15-16H2,1H3,(H,23,28)(H,24,25). The van der Waals surface area contributed by atoms with Crippen molar-refractivity contribution in [3.05, 3.63) is 24.3 Å². The molecule has 1 aromatic heterocycles. The average Bonchev–Trinajstić information content (AvgIpc) is 3.30. The molecule has 1 aromatic carbocycles. The fraction of sp³-hybridized carbons (Fsp3) is 0.591. The van der Waals surface area contributed by atoms with Crippen LogP contribution in [0.5, 0.6) is 5.75 Å². The summed E-state index contributed by atoms with van der Waals surface area (Å²) >= 11 is 2.86. The Labute approximate surface area is 197 Å². The molecule has 1 saturated carbocycles. The highest BCUT2D eigenvalue weighted by molar-refractivity contribution is 8.01. The number of carbonyl (C=O) groups is 1. The molecule has 0 atom stereocenters. The van der Waals surface area contributed by atoms with Crippen LogP contribution in [-0.2, 0) is 9.53 Å². The van der Waals surface area contributed by atoms with Gasteiger partial charge in [-0.1, -0.05) is 48.4 Å². The highest BCUT2D eigenvalue weighted by Crippen LogP contribution is 2.34. The van der Waals surface area contributed by atoms with Crippen LogP contribution in [0, 0.1) is 0 Å². The summed E-state index contributed by atoms with van der Waals surface area (Å²) in [5, 5.41) is 15.5. The van der Waals surface area contributed by atoms with Gasteiger partial charge in [0, 0.05) is 36.9 Å². The van der Waals surface area contributed by atoms with Crippen LogP contribution in [0.4, 0.5) is 10.8 Å². The molecular weight excluding hydrogens is 446 g/mol. The number of amides is 1. The number of nitrogens with zero attached hydrogens (tertiary/aromatic N) is 3. The van der Waals surface area contributed by atoms with Crippen molar-refractivity contribution in [1.82, 2.24) is 20.4 Å². The van der Waals surface area contributed by atoms with Crippen LogP contribution >= 0.6 is 23.1 Å². The van der Waals surface area contributed by atoms with E-state index in [2.05, 4.69) is 25.7 Å². The van der Waals surface area contributed by atoms with Gasteiger partial charge in [-0.05, 0) is 25.0 Å². The second kappa shape index (κ2) is 11.3. The van der Waals surface area contributed by atoms with Crippen molar-refractivity contribution >= 4 is 39.8 Å². The number of rotatable bonds is 9. The van der Waals surface area contributed by atoms with Gasteiger partial charge in [0.05, 0.1) is 26.1 Å². The van der Waals surface area contributed by atoms with Crippen molar-refractivity contribution in [2.24, 2.45) is 0 Å². The topological polar surface area (TPSA) is 88.6 Å². The minimum Gasteiger partial charge on any atom is -0.497 e. The molecule has 2 heterocycles. The number of hydrogen-bond donors (Lipinski definition) is 2. The number of nitrogens with one attached hydrogen (secondary N) is 2. The molecular formula is C22H31N5O3S2. The Morgan fingerprint density at radius 1 is 1.25 bits per heavy atom. The summed E-state index contributed by atoms with van der Waals surface area (Å²) in [6, 6.07) is 7.65. The maximum absolute atomic E-state index is 12.6. The first-order valence-corrected chi connectivity index (χ1v) is 12.9. The lowest BCUT2D eigenvalue weighted by molar-refractivity contribution is -0.119. The predicted molar refractivity (Wildman–Crippen MR) is 128 cm³/mol. The molecule has 10 heteroatoms. The minimum absolute atomic E-state index is 0.0470. The second-order valence-corrected chi connectivity index (χ2v) is 10.4. The first-order valence-electron chi connectivity index (χ1n) is 11.1. The zero-order valence-electron chi connectivity index (χ0n) is 18.5. The van der Waals surface area contributed by atoms with Crippen LogP contribution < -0.4 is 15.4 Å². The van der Waals surface area contributed by atoms with E-state index in [-0.39, 0.29) is 11.4 Å². The summed E-state index contributed by atoms with van der Waals surface area (Å²) < 4.78 is 11.6. The molecule has 0 radical (unpaired) electrons. The van der Waals surface area contributed by atoms with Crippen molar-refractivity contribution in [2.75, 3.05) is 51.0 Å². The molecule has 32 heavy (non-hydrogen) atoms. The van der Waals surface area contributed by atoms with Crippen LogP contribution in [0.15, 0.2) is 28.6 Å². The monoisotopic (exact) mass is 477 g/mol. The van der Waals surface area contributed by atoms with Crippen molar-refractivity contribution < 1.29 is 14.3 Å². The fourth-order valence-electron chi connectivity index (χ4n) is 4.44. The summed E-state index contributed by atoms with van der Waals surface area (Å²) in [5.41, 5.74) is 0.967. The lowest BCUT2D eigenvalue weighted by Crippen LogP contribution is -2.59. The zero-order chi connectivity index (χ0) is 22.2. The fourth-order valence-corrected chi connectivity index (χ4v) is 6.04. The van der Waals surface area contributed by atoms with Crippen molar-refractivity contribution in [3.63, 3.8) is 0 Å². The molecule has 8 nitrogen and oxygen atoms in total. The van der Waals surface area contributed by atoms with Gasteiger partial charge in [-0.2, -0.15) is 0 Å². The van der Waals surface area contributed by atoms with Crippen molar-refractivity contribution in [2.45, 2.75) is 42.0 Å². The molecule has 4 rings (SSSR count). The van der Waals surface area contributed by atoms with Crippen molar-refractivity contribution in [1.29, 1.82) is 0 Å². The van der Waals surface area contributed by atoms with E-state index in [0.717, 1.165) is 54.9 Å². The van der Waals surface area contributed by atoms with E-state index in [4.69, 9.17) is 9.47 Å². The number of methoxy groups -OCH3 is 1. The lowest BCUT2D eigenvalue weighted by Gasteiger charge is -2.48. The smallest absolute Gasteiger partial charge is 0.230 e. The summed E-state index contributed by atoms with van der Waals surface area (Å²) in [6.07, 6.45) is 6.05. The quantitative estimate of drug-likeness (QED) is 0.530. The highest BCUT2D eigenvalue weighted by atomic mass is 32.2. The third-order valence-corrected chi connectivity index (χ3v) is 8.11. The molecule has 0 unspecified atom stereocenters. The largest absolute Gasteiger partial charge is 0.497 e. The molecule has 2 fully saturated rings. The number of benzene rings is 1. The van der Waals surface area contributed by atoms with E-state index < -0.39 is 0 Å². The van der Waals surface area contributed by atoms with Gasteiger partial charge in [-0.15, -0.1) is 10.2 Å². The molecule has 1 saturated heterocycles.